The minimum absolute atomic E-state index is 0.450. The van der Waals surface area contributed by atoms with Crippen LogP contribution in [0.4, 0.5) is 5.69 Å². The number of aryl methyl sites for hydroxylation is 1. The molecular formula is C18H15N5OS. The van der Waals surface area contributed by atoms with Crippen molar-refractivity contribution in [2.45, 2.75) is 6.92 Å². The molecule has 6 nitrogen and oxygen atoms in total. The summed E-state index contributed by atoms with van der Waals surface area (Å²) in [6, 6.07) is 15.3. The van der Waals surface area contributed by atoms with E-state index in [0.29, 0.717) is 16.9 Å². The van der Waals surface area contributed by atoms with Crippen LogP contribution in [0.1, 0.15) is 5.56 Å². The van der Waals surface area contributed by atoms with Gasteiger partial charge in [0.1, 0.15) is 0 Å². The molecule has 124 valence electrons. The number of nitriles is 1. The Hall–Kier alpha value is -3.11. The normalized spacial score (nSPS) is 11.2. The molecule has 0 radical (unpaired) electrons. The third kappa shape index (κ3) is 4.05. The number of benzene rings is 2. The Morgan fingerprint density at radius 2 is 1.80 bits per heavy atom. The maximum absolute atomic E-state index is 8.67. The van der Waals surface area contributed by atoms with Crippen LogP contribution in [0.2, 0.25) is 0 Å². The van der Waals surface area contributed by atoms with Gasteiger partial charge in [-0.15, -0.1) is 0 Å². The van der Waals surface area contributed by atoms with E-state index in [0.717, 1.165) is 16.8 Å². The highest BCUT2D eigenvalue weighted by Crippen LogP contribution is 2.24. The van der Waals surface area contributed by atoms with Gasteiger partial charge in [0, 0.05) is 11.1 Å². The molecular weight excluding hydrogens is 334 g/mol. The lowest BCUT2D eigenvalue weighted by Gasteiger charge is -2.00. The molecule has 0 aliphatic rings. The molecule has 0 unspecified atom stereocenters. The fraction of sp³-hybridized carbons (Fsp3) is 0.111. The molecule has 3 aromatic rings. The number of rotatable bonds is 3. The summed E-state index contributed by atoms with van der Waals surface area (Å²) < 4.78 is 5.36. The van der Waals surface area contributed by atoms with Crippen molar-refractivity contribution in [3.63, 3.8) is 0 Å². The Morgan fingerprint density at radius 1 is 1.12 bits per heavy atom. The summed E-state index contributed by atoms with van der Waals surface area (Å²) >= 11 is 1.37. The number of aromatic nitrogens is 2. The van der Waals surface area contributed by atoms with E-state index < -0.39 is 0 Å². The van der Waals surface area contributed by atoms with E-state index in [1.807, 2.05) is 67.9 Å². The summed E-state index contributed by atoms with van der Waals surface area (Å²) in [7, 11) is 0. The van der Waals surface area contributed by atoms with Crippen LogP contribution in [0.5, 0.6) is 0 Å². The van der Waals surface area contributed by atoms with E-state index in [1.165, 1.54) is 17.3 Å². The Balaban J connectivity index is 1.81. The molecule has 0 amide bonds. The maximum Gasteiger partial charge on any atom is 0.258 e. The van der Waals surface area contributed by atoms with Gasteiger partial charge in [-0.05, 0) is 37.4 Å². The van der Waals surface area contributed by atoms with E-state index in [-0.39, 0.29) is 0 Å². The summed E-state index contributed by atoms with van der Waals surface area (Å²) in [6.07, 6.45) is 3.71. The van der Waals surface area contributed by atoms with Crippen LogP contribution >= 0.6 is 11.8 Å². The number of nitrogens with one attached hydrogen (secondary N) is 1. The first-order chi connectivity index (χ1) is 12.2. The predicted octanol–water partition coefficient (Wildman–Crippen LogP) is 4.13. The standard InChI is InChI=1S/C18H15N5OS/c1-12-3-5-13(6-4-12)16-22-17(24-23-16)14-7-9-15(10-8-14)21-18(25-2)20-11-19/h3-10H,1-2H3,(H,20,21). The average molecular weight is 349 g/mol. The molecule has 7 heteroatoms. The van der Waals surface area contributed by atoms with E-state index in [2.05, 4.69) is 20.4 Å². The highest BCUT2D eigenvalue weighted by molar-refractivity contribution is 8.13. The van der Waals surface area contributed by atoms with Gasteiger partial charge in [0.25, 0.3) is 5.89 Å². The van der Waals surface area contributed by atoms with Crippen LogP contribution < -0.4 is 5.32 Å². The third-order valence-electron chi connectivity index (χ3n) is 3.44. The summed E-state index contributed by atoms with van der Waals surface area (Å²) in [5, 5.41) is 15.8. The number of thioether (sulfide) groups is 1. The van der Waals surface area contributed by atoms with Crippen LogP contribution in [0.25, 0.3) is 22.8 Å². The summed E-state index contributed by atoms with van der Waals surface area (Å²) in [5.74, 6) is 1.01. The smallest absolute Gasteiger partial charge is 0.258 e. The van der Waals surface area contributed by atoms with Crippen molar-refractivity contribution in [3.05, 3.63) is 54.1 Å². The van der Waals surface area contributed by atoms with E-state index in [9.17, 15) is 0 Å². The van der Waals surface area contributed by atoms with Crippen molar-refractivity contribution in [3.8, 4) is 29.0 Å². The lowest BCUT2D eigenvalue weighted by atomic mass is 10.1. The van der Waals surface area contributed by atoms with Gasteiger partial charge in [-0.25, -0.2) is 4.99 Å². The van der Waals surface area contributed by atoms with Gasteiger partial charge in [-0.2, -0.15) is 10.2 Å². The first-order valence-corrected chi connectivity index (χ1v) is 8.71. The molecule has 1 aromatic heterocycles. The second-order valence-corrected chi connectivity index (χ2v) is 5.99. The first kappa shape index (κ1) is 16.7. The van der Waals surface area contributed by atoms with Gasteiger partial charge in [-0.3, -0.25) is 5.32 Å². The molecule has 0 saturated carbocycles. The zero-order chi connectivity index (χ0) is 17.6. The number of nitrogens with zero attached hydrogens (tertiary/aromatic N) is 4. The van der Waals surface area contributed by atoms with Crippen molar-refractivity contribution >= 4 is 22.6 Å². The molecule has 0 saturated heterocycles. The molecule has 2 aromatic carbocycles. The Kier molecular flexibility index (Phi) is 5.11. The van der Waals surface area contributed by atoms with Gasteiger partial charge in [0.2, 0.25) is 5.82 Å². The second-order valence-electron chi connectivity index (χ2n) is 5.19. The Bertz CT molecular complexity index is 923. The molecule has 25 heavy (non-hydrogen) atoms. The molecule has 0 aliphatic carbocycles. The van der Waals surface area contributed by atoms with Gasteiger partial charge < -0.3 is 4.52 Å². The molecule has 1 heterocycles. The third-order valence-corrected chi connectivity index (χ3v) is 4.02. The highest BCUT2D eigenvalue weighted by Gasteiger charge is 2.10. The molecule has 1 N–H and O–H groups in total. The molecule has 0 spiro atoms. The fourth-order valence-electron chi connectivity index (χ4n) is 2.13. The zero-order valence-electron chi connectivity index (χ0n) is 13.7. The number of hydrogen-bond acceptors (Lipinski definition) is 6. The van der Waals surface area contributed by atoms with Crippen LogP contribution in [-0.4, -0.2) is 21.6 Å². The van der Waals surface area contributed by atoms with Crippen molar-refractivity contribution in [1.29, 1.82) is 5.26 Å². The number of aliphatic imine (C=N–C) groups is 1. The molecule has 0 atom stereocenters. The topological polar surface area (TPSA) is 87.1 Å². The monoisotopic (exact) mass is 349 g/mol. The van der Waals surface area contributed by atoms with Gasteiger partial charge in [0.05, 0.1) is 5.69 Å². The molecule has 0 aliphatic heterocycles. The molecule has 0 fully saturated rings. The lowest BCUT2D eigenvalue weighted by Crippen LogP contribution is -2.12. The van der Waals surface area contributed by atoms with Crippen molar-refractivity contribution in [1.82, 2.24) is 15.5 Å². The van der Waals surface area contributed by atoms with E-state index in [1.54, 1.807) is 0 Å². The van der Waals surface area contributed by atoms with Crippen LogP contribution in [0.15, 0.2) is 58.0 Å². The minimum atomic E-state index is 0.450. The largest absolute Gasteiger partial charge is 0.334 e. The number of hydrogen-bond donors (Lipinski definition) is 1. The van der Waals surface area contributed by atoms with Crippen molar-refractivity contribution in [2.75, 3.05) is 6.26 Å². The van der Waals surface area contributed by atoms with E-state index in [4.69, 9.17) is 9.78 Å². The van der Waals surface area contributed by atoms with Crippen LogP contribution in [0, 0.1) is 18.4 Å². The van der Waals surface area contributed by atoms with Gasteiger partial charge in [0.15, 0.2) is 11.4 Å². The van der Waals surface area contributed by atoms with Gasteiger partial charge in [-0.1, -0.05) is 46.7 Å². The van der Waals surface area contributed by atoms with Crippen LogP contribution in [-0.2, 0) is 0 Å². The van der Waals surface area contributed by atoms with Gasteiger partial charge >= 0.3 is 0 Å². The van der Waals surface area contributed by atoms with Crippen LogP contribution in [0.3, 0.4) is 0 Å². The lowest BCUT2D eigenvalue weighted by molar-refractivity contribution is 0.432. The SMILES string of the molecule is CSC(=Nc1ccc(-c2nc(-c3ccc(C)cc3)no2)cc1)NC#N. The number of amidine groups is 1. The summed E-state index contributed by atoms with van der Waals surface area (Å²) in [5.41, 5.74) is 3.63. The molecule has 3 rings (SSSR count). The zero-order valence-corrected chi connectivity index (χ0v) is 14.5. The highest BCUT2D eigenvalue weighted by atomic mass is 32.2. The summed E-state index contributed by atoms with van der Waals surface area (Å²) in [6.45, 7) is 2.03. The predicted molar refractivity (Wildman–Crippen MR) is 99.3 cm³/mol. The quantitative estimate of drug-likeness (QED) is 0.331. The molecule has 0 bridgehead atoms. The Morgan fingerprint density at radius 3 is 2.44 bits per heavy atom. The second kappa shape index (κ2) is 7.64. The first-order valence-electron chi connectivity index (χ1n) is 7.48. The fourth-order valence-corrected chi connectivity index (χ4v) is 2.47. The van der Waals surface area contributed by atoms with E-state index >= 15 is 0 Å². The van der Waals surface area contributed by atoms with Crippen molar-refractivity contribution < 1.29 is 4.52 Å². The minimum Gasteiger partial charge on any atom is -0.334 e. The maximum atomic E-state index is 8.67. The average Bonchev–Trinajstić information content (AvgIpc) is 3.12. The Labute approximate surface area is 149 Å². The van der Waals surface area contributed by atoms with Crippen molar-refractivity contribution in [2.24, 2.45) is 4.99 Å². The summed E-state index contributed by atoms with van der Waals surface area (Å²) in [4.78, 5) is 8.79.